The molecule has 1 aliphatic heterocycles. The number of esters is 1. The van der Waals surface area contributed by atoms with Crippen LogP contribution in [0.5, 0.6) is 0 Å². The normalized spacial score (nSPS) is 17.0. The molecule has 0 unspecified atom stereocenters. The Labute approximate surface area is 155 Å². The second-order valence-electron chi connectivity index (χ2n) is 6.13. The highest BCUT2D eigenvalue weighted by atomic mass is 35.5. The molecule has 1 atom stereocenters. The van der Waals surface area contributed by atoms with Crippen molar-refractivity contribution in [3.63, 3.8) is 0 Å². The van der Waals surface area contributed by atoms with E-state index in [4.69, 9.17) is 21.1 Å². The Bertz CT molecular complexity index is 789. The van der Waals surface area contributed by atoms with Crippen molar-refractivity contribution in [1.82, 2.24) is 4.57 Å². The molecule has 0 aliphatic carbocycles. The molecule has 134 valence electrons. The van der Waals surface area contributed by atoms with E-state index in [0.29, 0.717) is 14.8 Å². The van der Waals surface area contributed by atoms with Crippen LogP contribution in [0.2, 0.25) is 4.34 Å². The van der Waals surface area contributed by atoms with Gasteiger partial charge in [0.15, 0.2) is 6.61 Å². The topological polar surface area (TPSA) is 57.5 Å². The van der Waals surface area contributed by atoms with Crippen LogP contribution in [0.1, 0.15) is 44.3 Å². The molecule has 5 nitrogen and oxygen atoms in total. The van der Waals surface area contributed by atoms with Gasteiger partial charge in [0.25, 0.3) is 0 Å². The van der Waals surface area contributed by atoms with E-state index >= 15 is 0 Å². The van der Waals surface area contributed by atoms with Crippen molar-refractivity contribution in [1.29, 1.82) is 0 Å². The lowest BCUT2D eigenvalue weighted by Gasteiger charge is -2.14. The summed E-state index contributed by atoms with van der Waals surface area (Å²) >= 11 is 6.94. The third kappa shape index (κ3) is 4.14. The van der Waals surface area contributed by atoms with Gasteiger partial charge in [-0.3, -0.25) is 4.79 Å². The number of Topliss-reactive ketones (excluding diaryl/α,β-unsaturated/α-hetero) is 1. The number of thiophene rings is 1. The number of ether oxygens (including phenoxy) is 2. The molecule has 7 heteroatoms. The maximum atomic E-state index is 12.5. The van der Waals surface area contributed by atoms with Gasteiger partial charge in [0, 0.05) is 30.1 Å². The van der Waals surface area contributed by atoms with Crippen molar-refractivity contribution in [2.75, 3.05) is 13.2 Å². The standard InChI is InChI=1S/C18H20ClNO4S/c1-11-8-14(12(2)20(11)9-13-4-3-7-23-13)15(21)10-24-18(22)16-5-6-17(19)25-16/h5-6,8,13H,3-4,7,9-10H2,1-2H3/t13-/m1/s1. The molecule has 2 aromatic heterocycles. The number of ketones is 1. The molecule has 0 bridgehead atoms. The Morgan fingerprint density at radius 3 is 2.84 bits per heavy atom. The van der Waals surface area contributed by atoms with Crippen molar-refractivity contribution in [3.05, 3.63) is 44.4 Å². The largest absolute Gasteiger partial charge is 0.453 e. The summed E-state index contributed by atoms with van der Waals surface area (Å²) in [4.78, 5) is 24.8. The molecule has 0 saturated carbocycles. The number of aryl methyl sites for hydroxylation is 1. The van der Waals surface area contributed by atoms with Gasteiger partial charge >= 0.3 is 5.97 Å². The third-order valence-corrected chi connectivity index (χ3v) is 5.60. The summed E-state index contributed by atoms with van der Waals surface area (Å²) in [6.07, 6.45) is 2.33. The fraction of sp³-hybridized carbons (Fsp3) is 0.444. The number of aromatic nitrogens is 1. The van der Waals surface area contributed by atoms with Crippen LogP contribution < -0.4 is 0 Å². The van der Waals surface area contributed by atoms with Crippen LogP contribution in [0.25, 0.3) is 0 Å². The Morgan fingerprint density at radius 2 is 2.20 bits per heavy atom. The fourth-order valence-electron chi connectivity index (χ4n) is 3.06. The van der Waals surface area contributed by atoms with E-state index in [1.165, 1.54) is 0 Å². The van der Waals surface area contributed by atoms with Gasteiger partial charge in [-0.05, 0) is 44.9 Å². The molecule has 1 fully saturated rings. The highest BCUT2D eigenvalue weighted by Crippen LogP contribution is 2.23. The van der Waals surface area contributed by atoms with Crippen molar-refractivity contribution in [2.24, 2.45) is 0 Å². The molecule has 25 heavy (non-hydrogen) atoms. The van der Waals surface area contributed by atoms with Crippen LogP contribution in [0.4, 0.5) is 0 Å². The molecular formula is C18H20ClNO4S. The zero-order valence-electron chi connectivity index (χ0n) is 14.2. The Morgan fingerprint density at radius 1 is 1.40 bits per heavy atom. The average molecular weight is 382 g/mol. The Balaban J connectivity index is 1.64. The second kappa shape index (κ2) is 7.72. The highest BCUT2D eigenvalue weighted by Gasteiger charge is 2.22. The van der Waals surface area contributed by atoms with Crippen LogP contribution >= 0.6 is 22.9 Å². The first-order valence-corrected chi connectivity index (χ1v) is 9.39. The number of hydrogen-bond donors (Lipinski definition) is 0. The van der Waals surface area contributed by atoms with Crippen LogP contribution in [0, 0.1) is 13.8 Å². The lowest BCUT2D eigenvalue weighted by molar-refractivity contribution is 0.0479. The lowest BCUT2D eigenvalue weighted by atomic mass is 10.1. The summed E-state index contributed by atoms with van der Waals surface area (Å²) in [5.41, 5.74) is 2.48. The smallest absolute Gasteiger partial charge is 0.348 e. The predicted octanol–water partition coefficient (Wildman–Crippen LogP) is 4.04. The summed E-state index contributed by atoms with van der Waals surface area (Å²) < 4.78 is 13.4. The molecule has 3 rings (SSSR count). The molecule has 1 aliphatic rings. The van der Waals surface area contributed by atoms with Gasteiger partial charge in [-0.15, -0.1) is 11.3 Å². The highest BCUT2D eigenvalue weighted by molar-refractivity contribution is 7.17. The number of nitrogens with zero attached hydrogens (tertiary/aromatic N) is 1. The van der Waals surface area contributed by atoms with E-state index in [9.17, 15) is 9.59 Å². The van der Waals surface area contributed by atoms with Gasteiger partial charge in [0.05, 0.1) is 10.4 Å². The van der Waals surface area contributed by atoms with Gasteiger partial charge in [0.2, 0.25) is 5.78 Å². The van der Waals surface area contributed by atoms with E-state index < -0.39 is 5.97 Å². The molecule has 0 N–H and O–H groups in total. The first-order chi connectivity index (χ1) is 12.0. The van der Waals surface area contributed by atoms with Gasteiger partial charge in [-0.1, -0.05) is 11.6 Å². The quantitative estimate of drug-likeness (QED) is 0.559. The predicted molar refractivity (Wildman–Crippen MR) is 96.8 cm³/mol. The molecule has 1 saturated heterocycles. The van der Waals surface area contributed by atoms with Crippen molar-refractivity contribution in [2.45, 2.75) is 39.3 Å². The van der Waals surface area contributed by atoms with E-state index in [2.05, 4.69) is 4.57 Å². The molecule has 2 aromatic rings. The molecule has 3 heterocycles. The fourth-order valence-corrected chi connectivity index (χ4v) is 4.00. The van der Waals surface area contributed by atoms with Gasteiger partial charge in [0.1, 0.15) is 4.88 Å². The van der Waals surface area contributed by atoms with Crippen molar-refractivity contribution < 1.29 is 19.1 Å². The van der Waals surface area contributed by atoms with E-state index in [0.717, 1.165) is 48.7 Å². The second-order valence-corrected chi connectivity index (χ2v) is 7.85. The maximum absolute atomic E-state index is 12.5. The van der Waals surface area contributed by atoms with Gasteiger partial charge in [-0.25, -0.2) is 4.79 Å². The molecule has 0 aromatic carbocycles. The summed E-state index contributed by atoms with van der Waals surface area (Å²) in [5.74, 6) is -0.735. The maximum Gasteiger partial charge on any atom is 0.348 e. The number of rotatable bonds is 6. The van der Waals surface area contributed by atoms with Crippen molar-refractivity contribution in [3.8, 4) is 0 Å². The molecule has 0 spiro atoms. The van der Waals surface area contributed by atoms with Crippen molar-refractivity contribution >= 4 is 34.7 Å². The Hall–Kier alpha value is -1.63. The number of halogens is 1. The first kappa shape index (κ1) is 18.2. The first-order valence-electron chi connectivity index (χ1n) is 8.19. The minimum absolute atomic E-state index is 0.203. The summed E-state index contributed by atoms with van der Waals surface area (Å²) in [6.45, 7) is 5.16. The minimum Gasteiger partial charge on any atom is -0.453 e. The van der Waals surface area contributed by atoms with Crippen LogP contribution in [0.3, 0.4) is 0 Å². The van der Waals surface area contributed by atoms with Crippen LogP contribution in [0.15, 0.2) is 18.2 Å². The summed E-state index contributed by atoms with van der Waals surface area (Å²) in [6, 6.07) is 5.07. The minimum atomic E-state index is -0.529. The van der Waals surface area contributed by atoms with Gasteiger partial charge in [-0.2, -0.15) is 0 Å². The monoisotopic (exact) mass is 381 g/mol. The molecular weight excluding hydrogens is 362 g/mol. The Kier molecular flexibility index (Phi) is 5.61. The summed E-state index contributed by atoms with van der Waals surface area (Å²) in [5, 5.41) is 0. The third-order valence-electron chi connectivity index (χ3n) is 4.39. The van der Waals surface area contributed by atoms with Crippen LogP contribution in [-0.2, 0) is 16.0 Å². The van der Waals surface area contributed by atoms with E-state index in [-0.39, 0.29) is 18.5 Å². The molecule has 0 amide bonds. The number of carbonyl (C=O) groups excluding carboxylic acids is 2. The van der Waals surface area contributed by atoms with Crippen LogP contribution in [-0.4, -0.2) is 35.6 Å². The average Bonchev–Trinajstić information content (AvgIpc) is 3.30. The van der Waals surface area contributed by atoms with E-state index in [1.54, 1.807) is 12.1 Å². The zero-order chi connectivity index (χ0) is 18.0. The molecule has 0 radical (unpaired) electrons. The lowest BCUT2D eigenvalue weighted by Crippen LogP contribution is -2.18. The number of hydrogen-bond acceptors (Lipinski definition) is 5. The summed E-state index contributed by atoms with van der Waals surface area (Å²) in [7, 11) is 0. The zero-order valence-corrected chi connectivity index (χ0v) is 15.8. The SMILES string of the molecule is Cc1cc(C(=O)COC(=O)c2ccc(Cl)s2)c(C)n1C[C@H]1CCCO1. The van der Waals surface area contributed by atoms with Gasteiger partial charge < -0.3 is 14.0 Å². The number of carbonyl (C=O) groups is 2. The van der Waals surface area contributed by atoms with E-state index in [1.807, 2.05) is 19.9 Å².